The summed E-state index contributed by atoms with van der Waals surface area (Å²) < 4.78 is 0. The quantitative estimate of drug-likeness (QED) is 0.615. The van der Waals surface area contributed by atoms with Gasteiger partial charge in [-0.25, -0.2) is 0 Å². The molecule has 1 N–H and O–H groups in total. The van der Waals surface area contributed by atoms with Gasteiger partial charge in [0.05, 0.1) is 11.0 Å². The molecule has 5 heteroatoms. The molecule has 1 fully saturated rings. The highest BCUT2D eigenvalue weighted by atomic mass is 16.6. The molecule has 0 spiro atoms. The van der Waals surface area contributed by atoms with Crippen molar-refractivity contribution in [3.8, 4) is 0 Å². The van der Waals surface area contributed by atoms with Gasteiger partial charge in [0, 0.05) is 31.8 Å². The van der Waals surface area contributed by atoms with Gasteiger partial charge in [0.2, 0.25) is 0 Å². The minimum Gasteiger partial charge on any atom is -0.392 e. The number of rotatable bonds is 3. The number of hydrogen-bond acceptors (Lipinski definition) is 4. The lowest BCUT2D eigenvalue weighted by molar-refractivity contribution is -0.384. The number of benzene rings is 1. The molecule has 1 aliphatic rings. The van der Waals surface area contributed by atoms with Crippen LogP contribution in [0.4, 0.5) is 5.69 Å². The Morgan fingerprint density at radius 2 is 2.12 bits per heavy atom. The number of aliphatic hydroxyl groups excluding tert-OH is 1. The average molecular weight is 222 g/mol. The molecule has 0 amide bonds. The second kappa shape index (κ2) is 4.59. The first-order chi connectivity index (χ1) is 7.65. The largest absolute Gasteiger partial charge is 0.392 e. The zero-order valence-corrected chi connectivity index (χ0v) is 8.87. The maximum absolute atomic E-state index is 10.5. The van der Waals surface area contributed by atoms with E-state index in [0.29, 0.717) is 6.54 Å². The van der Waals surface area contributed by atoms with Crippen LogP contribution in [0, 0.1) is 10.1 Å². The number of nitrogens with zero attached hydrogens (tertiary/aromatic N) is 2. The number of nitro benzene ring substituents is 1. The fourth-order valence-corrected chi connectivity index (χ4v) is 1.94. The highest BCUT2D eigenvalue weighted by Crippen LogP contribution is 2.16. The highest BCUT2D eigenvalue weighted by molar-refractivity contribution is 5.32. The van der Waals surface area contributed by atoms with Crippen LogP contribution >= 0.6 is 0 Å². The number of aliphatic hydroxyl groups is 1. The third-order valence-electron chi connectivity index (χ3n) is 2.80. The average Bonchev–Trinajstić information content (AvgIpc) is 2.65. The van der Waals surface area contributed by atoms with Gasteiger partial charge in [-0.1, -0.05) is 12.1 Å². The van der Waals surface area contributed by atoms with Crippen molar-refractivity contribution in [1.29, 1.82) is 0 Å². The summed E-state index contributed by atoms with van der Waals surface area (Å²) in [5, 5.41) is 19.8. The second-order valence-corrected chi connectivity index (χ2v) is 4.10. The molecule has 0 bridgehead atoms. The number of hydrogen-bond donors (Lipinski definition) is 1. The topological polar surface area (TPSA) is 66.6 Å². The Kier molecular flexibility index (Phi) is 3.17. The summed E-state index contributed by atoms with van der Waals surface area (Å²) in [6.45, 7) is 2.32. The van der Waals surface area contributed by atoms with E-state index in [1.165, 1.54) is 12.1 Å². The van der Waals surface area contributed by atoms with E-state index in [9.17, 15) is 15.2 Å². The zero-order chi connectivity index (χ0) is 11.5. The van der Waals surface area contributed by atoms with Crippen LogP contribution in [0.15, 0.2) is 24.3 Å². The number of non-ortho nitro benzene ring substituents is 1. The van der Waals surface area contributed by atoms with Crippen molar-refractivity contribution < 1.29 is 10.0 Å². The normalized spacial score (nSPS) is 21.2. The van der Waals surface area contributed by atoms with E-state index in [4.69, 9.17) is 0 Å². The molecular formula is C11H14N2O3. The van der Waals surface area contributed by atoms with Crippen molar-refractivity contribution >= 4 is 5.69 Å². The van der Waals surface area contributed by atoms with Crippen molar-refractivity contribution in [3.05, 3.63) is 39.9 Å². The lowest BCUT2D eigenvalue weighted by atomic mass is 10.2. The number of nitro groups is 1. The molecule has 1 atom stereocenters. The Balaban J connectivity index is 1.97. The van der Waals surface area contributed by atoms with Crippen LogP contribution in [0.2, 0.25) is 0 Å². The molecule has 1 aromatic rings. The molecule has 1 heterocycles. The second-order valence-electron chi connectivity index (χ2n) is 4.10. The van der Waals surface area contributed by atoms with E-state index in [-0.39, 0.29) is 11.8 Å². The maximum Gasteiger partial charge on any atom is 0.269 e. The third-order valence-corrected chi connectivity index (χ3v) is 2.80. The van der Waals surface area contributed by atoms with Crippen LogP contribution < -0.4 is 0 Å². The molecule has 16 heavy (non-hydrogen) atoms. The van der Waals surface area contributed by atoms with Crippen LogP contribution in [0.25, 0.3) is 0 Å². The van der Waals surface area contributed by atoms with Gasteiger partial charge in [-0.15, -0.1) is 0 Å². The van der Waals surface area contributed by atoms with Crippen molar-refractivity contribution in [2.45, 2.75) is 19.1 Å². The van der Waals surface area contributed by atoms with Crippen LogP contribution in [-0.4, -0.2) is 34.1 Å². The summed E-state index contributed by atoms with van der Waals surface area (Å²) in [5.41, 5.74) is 1.16. The van der Waals surface area contributed by atoms with E-state index in [0.717, 1.165) is 25.1 Å². The van der Waals surface area contributed by atoms with E-state index >= 15 is 0 Å². The minimum absolute atomic E-state index is 0.116. The zero-order valence-electron chi connectivity index (χ0n) is 8.87. The van der Waals surface area contributed by atoms with Gasteiger partial charge in [0.15, 0.2) is 0 Å². The molecule has 0 aliphatic carbocycles. The molecule has 86 valence electrons. The van der Waals surface area contributed by atoms with Gasteiger partial charge in [0.1, 0.15) is 0 Å². The summed E-state index contributed by atoms with van der Waals surface area (Å²) in [6.07, 6.45) is 0.588. The van der Waals surface area contributed by atoms with E-state index in [1.807, 2.05) is 0 Å². The van der Waals surface area contributed by atoms with E-state index in [2.05, 4.69) is 4.90 Å². The Bertz CT molecular complexity index is 377. The van der Waals surface area contributed by atoms with E-state index < -0.39 is 4.92 Å². The van der Waals surface area contributed by atoms with Gasteiger partial charge in [0.25, 0.3) is 5.69 Å². The van der Waals surface area contributed by atoms with Crippen molar-refractivity contribution in [1.82, 2.24) is 4.90 Å². The highest BCUT2D eigenvalue weighted by Gasteiger charge is 2.19. The Hall–Kier alpha value is -1.46. The first kappa shape index (κ1) is 11.0. The molecule has 0 unspecified atom stereocenters. The first-order valence-corrected chi connectivity index (χ1v) is 5.29. The molecule has 0 aromatic heterocycles. The summed E-state index contributed by atoms with van der Waals surface area (Å²) >= 11 is 0. The first-order valence-electron chi connectivity index (χ1n) is 5.29. The van der Waals surface area contributed by atoms with Crippen LogP contribution in [0.5, 0.6) is 0 Å². The monoisotopic (exact) mass is 222 g/mol. The van der Waals surface area contributed by atoms with Crippen LogP contribution in [-0.2, 0) is 6.54 Å². The third kappa shape index (κ3) is 2.56. The van der Waals surface area contributed by atoms with Crippen molar-refractivity contribution in [2.75, 3.05) is 13.1 Å². The standard InChI is InChI=1S/C11H14N2O3/c14-11-5-6-12(8-11)7-9-1-3-10(4-2-9)13(15)16/h1-4,11,14H,5-8H2/t11-/m1/s1. The van der Waals surface area contributed by atoms with Gasteiger partial charge < -0.3 is 5.11 Å². The maximum atomic E-state index is 10.5. The molecule has 2 rings (SSSR count). The fraction of sp³-hybridized carbons (Fsp3) is 0.455. The summed E-state index contributed by atoms with van der Waals surface area (Å²) in [6, 6.07) is 6.56. The van der Waals surface area contributed by atoms with Gasteiger partial charge >= 0.3 is 0 Å². The number of β-amino-alcohol motifs (C(OH)–C–C–N with tert-alkyl or cyclic N) is 1. The summed E-state index contributed by atoms with van der Waals surface area (Å²) in [5.74, 6) is 0. The van der Waals surface area contributed by atoms with E-state index in [1.54, 1.807) is 12.1 Å². The molecule has 1 aromatic carbocycles. The lowest BCUT2D eigenvalue weighted by Crippen LogP contribution is -2.21. The van der Waals surface area contributed by atoms with Gasteiger partial charge in [-0.05, 0) is 12.0 Å². The van der Waals surface area contributed by atoms with Crippen LogP contribution in [0.3, 0.4) is 0 Å². The minimum atomic E-state index is -0.399. The molecule has 0 radical (unpaired) electrons. The predicted molar refractivity (Wildman–Crippen MR) is 59.0 cm³/mol. The van der Waals surface area contributed by atoms with Crippen LogP contribution in [0.1, 0.15) is 12.0 Å². The smallest absolute Gasteiger partial charge is 0.269 e. The molecule has 1 aliphatic heterocycles. The van der Waals surface area contributed by atoms with Gasteiger partial charge in [-0.2, -0.15) is 0 Å². The number of likely N-dealkylation sites (tertiary alicyclic amines) is 1. The molecule has 1 saturated heterocycles. The Morgan fingerprint density at radius 3 is 2.62 bits per heavy atom. The Labute approximate surface area is 93.5 Å². The SMILES string of the molecule is O=[N+]([O-])c1ccc(CN2CC[C@@H](O)C2)cc1. The molecule has 5 nitrogen and oxygen atoms in total. The molecular weight excluding hydrogens is 208 g/mol. The van der Waals surface area contributed by atoms with Crippen molar-refractivity contribution in [2.24, 2.45) is 0 Å². The molecule has 0 saturated carbocycles. The fourth-order valence-electron chi connectivity index (χ4n) is 1.94. The summed E-state index contributed by atoms with van der Waals surface area (Å²) in [7, 11) is 0. The summed E-state index contributed by atoms with van der Waals surface area (Å²) in [4.78, 5) is 12.2. The lowest BCUT2D eigenvalue weighted by Gasteiger charge is -2.14. The predicted octanol–water partition coefficient (Wildman–Crippen LogP) is 1.16. The Morgan fingerprint density at radius 1 is 1.44 bits per heavy atom. The van der Waals surface area contributed by atoms with Gasteiger partial charge in [-0.3, -0.25) is 15.0 Å². The van der Waals surface area contributed by atoms with Crippen molar-refractivity contribution in [3.63, 3.8) is 0 Å².